The summed E-state index contributed by atoms with van der Waals surface area (Å²) in [5.41, 5.74) is 1.96. The summed E-state index contributed by atoms with van der Waals surface area (Å²) < 4.78 is 0. The van der Waals surface area contributed by atoms with Crippen molar-refractivity contribution in [2.24, 2.45) is 0 Å². The topological polar surface area (TPSA) is 69.7 Å². The van der Waals surface area contributed by atoms with Gasteiger partial charge >= 0.3 is 0 Å². The van der Waals surface area contributed by atoms with Crippen molar-refractivity contribution in [2.75, 3.05) is 11.4 Å². The molecule has 1 N–H and O–H groups in total. The van der Waals surface area contributed by atoms with Crippen LogP contribution in [0, 0.1) is 0 Å². The van der Waals surface area contributed by atoms with Crippen LogP contribution in [-0.2, 0) is 16.1 Å². The zero-order valence-corrected chi connectivity index (χ0v) is 22.2. The summed E-state index contributed by atoms with van der Waals surface area (Å²) in [6.45, 7) is 1.66. The summed E-state index contributed by atoms with van der Waals surface area (Å²) in [7, 11) is 0. The van der Waals surface area contributed by atoms with E-state index in [1.165, 1.54) is 16.2 Å². The Morgan fingerprint density at radius 2 is 1.78 bits per heavy atom. The van der Waals surface area contributed by atoms with E-state index in [-0.39, 0.29) is 36.9 Å². The Morgan fingerprint density at radius 1 is 1.05 bits per heavy atom. The lowest BCUT2D eigenvalue weighted by atomic mass is 9.95. The lowest BCUT2D eigenvalue weighted by Crippen LogP contribution is -2.52. The number of halogens is 2. The third kappa shape index (κ3) is 5.18. The predicted octanol–water partition coefficient (Wildman–Crippen LogP) is 5.97. The first-order valence-electron chi connectivity index (χ1n) is 12.7. The molecular weight excluding hydrogens is 509 g/mol. The number of anilines is 1. The van der Waals surface area contributed by atoms with Gasteiger partial charge < -0.3 is 10.2 Å². The maximum atomic E-state index is 13.8. The van der Waals surface area contributed by atoms with Crippen molar-refractivity contribution in [3.63, 3.8) is 0 Å². The number of nitrogens with one attached hydrogen (secondary N) is 1. The third-order valence-electron chi connectivity index (χ3n) is 7.42. The van der Waals surface area contributed by atoms with Crippen molar-refractivity contribution in [3.05, 3.63) is 75.8 Å². The highest BCUT2D eigenvalue weighted by molar-refractivity contribution is 6.35. The highest BCUT2D eigenvalue weighted by atomic mass is 35.5. The van der Waals surface area contributed by atoms with Crippen molar-refractivity contribution in [1.29, 1.82) is 0 Å². The van der Waals surface area contributed by atoms with Gasteiger partial charge in [0.05, 0.1) is 5.69 Å². The fourth-order valence-corrected chi connectivity index (χ4v) is 5.82. The highest BCUT2D eigenvalue weighted by Crippen LogP contribution is 2.37. The number of carbonyl (C=O) groups excluding carboxylic acids is 3. The van der Waals surface area contributed by atoms with Gasteiger partial charge in [-0.05, 0) is 55.0 Å². The summed E-state index contributed by atoms with van der Waals surface area (Å²) in [6, 6.07) is 15.7. The summed E-state index contributed by atoms with van der Waals surface area (Å²) in [5, 5.41) is 5.83. The van der Waals surface area contributed by atoms with Gasteiger partial charge in [-0.1, -0.05) is 72.8 Å². The first kappa shape index (κ1) is 25.6. The molecule has 1 fully saturated rings. The summed E-state index contributed by atoms with van der Waals surface area (Å²) in [5.74, 6) is -0.761. The van der Waals surface area contributed by atoms with E-state index < -0.39 is 6.04 Å². The lowest BCUT2D eigenvalue weighted by molar-refractivity contribution is -0.139. The summed E-state index contributed by atoms with van der Waals surface area (Å²) >= 11 is 12.5. The molecule has 1 saturated carbocycles. The summed E-state index contributed by atoms with van der Waals surface area (Å²) in [4.78, 5) is 43.4. The monoisotopic (exact) mass is 537 g/mol. The maximum Gasteiger partial charge on any atom is 0.259 e. The van der Waals surface area contributed by atoms with E-state index in [9.17, 15) is 14.4 Å². The zero-order chi connectivity index (χ0) is 26.1. The molecule has 6 nitrogen and oxygen atoms in total. The fourth-order valence-electron chi connectivity index (χ4n) is 5.35. The molecule has 8 heteroatoms. The lowest BCUT2D eigenvalue weighted by Gasteiger charge is -2.32. The van der Waals surface area contributed by atoms with Crippen molar-refractivity contribution < 1.29 is 14.4 Å². The van der Waals surface area contributed by atoms with E-state index >= 15 is 0 Å². The van der Waals surface area contributed by atoms with E-state index in [2.05, 4.69) is 5.32 Å². The molecule has 1 aliphatic carbocycles. The molecule has 192 valence electrons. The SMILES string of the molecule is C[C@@H](C(=O)NC1CCCCC1)N(Cc1ccc(Cl)cc1Cl)C(=O)CN1C(=O)c2cccc3cccc1c23. The van der Waals surface area contributed by atoms with Crippen LogP contribution in [0.25, 0.3) is 10.8 Å². The average molecular weight is 538 g/mol. The molecule has 1 heterocycles. The summed E-state index contributed by atoms with van der Waals surface area (Å²) in [6.07, 6.45) is 5.25. The predicted molar refractivity (Wildman–Crippen MR) is 147 cm³/mol. The first-order valence-corrected chi connectivity index (χ1v) is 13.5. The van der Waals surface area contributed by atoms with E-state index in [0.717, 1.165) is 36.5 Å². The van der Waals surface area contributed by atoms with Crippen LogP contribution in [0.5, 0.6) is 0 Å². The van der Waals surface area contributed by atoms with Gasteiger partial charge in [0.25, 0.3) is 5.91 Å². The standard InChI is InChI=1S/C29H29Cl2N3O3/c1-18(28(36)32-22-9-3-2-4-10-22)33(16-20-13-14-21(30)15-24(20)31)26(35)17-34-25-12-6-8-19-7-5-11-23(27(19)25)29(34)37/h5-8,11-15,18,22H,2-4,9-10,16-17H2,1H3,(H,32,36)/t18-/m0/s1. The fraction of sp³-hybridized carbons (Fsp3) is 0.345. The Bertz CT molecular complexity index is 1360. The van der Waals surface area contributed by atoms with Crippen LogP contribution in [0.2, 0.25) is 10.0 Å². The van der Waals surface area contributed by atoms with Crippen molar-refractivity contribution >= 4 is 57.4 Å². The quantitative estimate of drug-likeness (QED) is 0.403. The maximum absolute atomic E-state index is 13.8. The number of amides is 3. The number of hydrogen-bond donors (Lipinski definition) is 1. The van der Waals surface area contributed by atoms with Gasteiger partial charge in [-0.3, -0.25) is 19.3 Å². The molecular formula is C29H29Cl2N3O3. The molecule has 0 unspecified atom stereocenters. The largest absolute Gasteiger partial charge is 0.352 e. The second-order valence-electron chi connectivity index (χ2n) is 9.85. The van der Waals surface area contributed by atoms with Gasteiger partial charge in [-0.2, -0.15) is 0 Å². The van der Waals surface area contributed by atoms with Gasteiger partial charge in [-0.25, -0.2) is 0 Å². The Labute approximate surface area is 226 Å². The van der Waals surface area contributed by atoms with Crippen molar-refractivity contribution in [3.8, 4) is 0 Å². The minimum Gasteiger partial charge on any atom is -0.352 e. The number of benzene rings is 3. The molecule has 3 aromatic rings. The van der Waals surface area contributed by atoms with Crippen LogP contribution >= 0.6 is 23.2 Å². The van der Waals surface area contributed by atoms with Gasteiger partial charge in [0, 0.05) is 33.6 Å². The van der Waals surface area contributed by atoms with Crippen LogP contribution in [0.15, 0.2) is 54.6 Å². The van der Waals surface area contributed by atoms with E-state index in [1.54, 1.807) is 31.2 Å². The molecule has 1 atom stereocenters. The van der Waals surface area contributed by atoms with Gasteiger partial charge in [0.1, 0.15) is 12.6 Å². The molecule has 0 aromatic heterocycles. The molecule has 1 aliphatic heterocycles. The highest BCUT2D eigenvalue weighted by Gasteiger charge is 2.35. The van der Waals surface area contributed by atoms with Crippen LogP contribution in [0.3, 0.4) is 0 Å². The van der Waals surface area contributed by atoms with Gasteiger partial charge in [-0.15, -0.1) is 0 Å². The minimum absolute atomic E-state index is 0.118. The smallest absolute Gasteiger partial charge is 0.259 e. The van der Waals surface area contributed by atoms with Gasteiger partial charge in [0.15, 0.2) is 0 Å². The number of nitrogens with zero attached hydrogens (tertiary/aromatic N) is 2. The van der Waals surface area contributed by atoms with Crippen molar-refractivity contribution in [2.45, 2.75) is 57.7 Å². The molecule has 37 heavy (non-hydrogen) atoms. The first-order chi connectivity index (χ1) is 17.8. The second kappa shape index (κ2) is 10.7. The van der Waals surface area contributed by atoms with Crippen LogP contribution in [0.4, 0.5) is 5.69 Å². The molecule has 0 saturated heterocycles. The number of rotatable bonds is 7. The zero-order valence-electron chi connectivity index (χ0n) is 20.7. The molecule has 0 radical (unpaired) electrons. The Balaban J connectivity index is 1.41. The van der Waals surface area contributed by atoms with Crippen molar-refractivity contribution in [1.82, 2.24) is 10.2 Å². The molecule has 0 bridgehead atoms. The molecule has 2 aliphatic rings. The van der Waals surface area contributed by atoms with Crippen LogP contribution in [0.1, 0.15) is 54.9 Å². The number of carbonyl (C=O) groups is 3. The molecule has 3 amide bonds. The number of hydrogen-bond acceptors (Lipinski definition) is 3. The molecule has 3 aromatic carbocycles. The molecule has 5 rings (SSSR count). The Morgan fingerprint density at radius 3 is 2.51 bits per heavy atom. The second-order valence-corrected chi connectivity index (χ2v) is 10.7. The normalized spacial score (nSPS) is 16.2. The average Bonchev–Trinajstić information content (AvgIpc) is 3.16. The Kier molecular flexibility index (Phi) is 7.40. The van der Waals surface area contributed by atoms with E-state index in [0.29, 0.717) is 26.9 Å². The van der Waals surface area contributed by atoms with Crippen LogP contribution in [-0.4, -0.2) is 41.2 Å². The third-order valence-corrected chi connectivity index (χ3v) is 8.00. The Hall–Kier alpha value is -3.09. The van der Waals surface area contributed by atoms with E-state index in [1.807, 2.05) is 30.3 Å². The van der Waals surface area contributed by atoms with Crippen LogP contribution < -0.4 is 10.2 Å². The minimum atomic E-state index is -0.753. The van der Waals surface area contributed by atoms with Gasteiger partial charge in [0.2, 0.25) is 11.8 Å². The van der Waals surface area contributed by atoms with E-state index in [4.69, 9.17) is 23.2 Å². The molecule has 0 spiro atoms.